The average molecular weight is 334 g/mol. The third-order valence-electron chi connectivity index (χ3n) is 1.94. The number of hydrogen-bond acceptors (Lipinski definition) is 2. The molecule has 0 atom stereocenters. The van der Waals surface area contributed by atoms with Gasteiger partial charge in [-0.2, -0.15) is 13.2 Å². The zero-order chi connectivity index (χ0) is 14.1. The van der Waals surface area contributed by atoms with Gasteiger partial charge < -0.3 is 5.11 Å². The molecule has 18 heavy (non-hydrogen) atoms. The van der Waals surface area contributed by atoms with E-state index in [1.165, 1.54) is 0 Å². The van der Waals surface area contributed by atoms with Gasteiger partial charge in [0, 0.05) is 0 Å². The summed E-state index contributed by atoms with van der Waals surface area (Å²) in [6, 6.07) is 0.838. The summed E-state index contributed by atoms with van der Waals surface area (Å²) in [6.45, 7) is 0. The van der Waals surface area contributed by atoms with Gasteiger partial charge in [-0.1, -0.05) is 0 Å². The summed E-state index contributed by atoms with van der Waals surface area (Å²) in [5.74, 6) is -1.51. The molecule has 0 bridgehead atoms. The summed E-state index contributed by atoms with van der Waals surface area (Å²) in [4.78, 5) is 13.4. The Bertz CT molecular complexity index is 475. The highest BCUT2D eigenvalue weighted by molar-refractivity contribution is 9.10. The zero-order valence-electron chi connectivity index (χ0n) is 8.43. The number of aromatic nitrogens is 1. The molecule has 1 rings (SSSR count). The third-order valence-corrected chi connectivity index (χ3v) is 2.35. The van der Waals surface area contributed by atoms with Crippen LogP contribution in [-0.4, -0.2) is 16.1 Å². The fourth-order valence-electron chi connectivity index (χ4n) is 1.34. The van der Waals surface area contributed by atoms with Crippen molar-refractivity contribution in [2.45, 2.75) is 19.0 Å². The molecule has 0 unspecified atom stereocenters. The van der Waals surface area contributed by atoms with E-state index in [4.69, 9.17) is 5.11 Å². The van der Waals surface area contributed by atoms with Gasteiger partial charge in [0.05, 0.1) is 12.0 Å². The van der Waals surface area contributed by atoms with Crippen LogP contribution < -0.4 is 0 Å². The first kappa shape index (κ1) is 14.8. The minimum absolute atomic E-state index is 0.351. The van der Waals surface area contributed by atoms with Crippen molar-refractivity contribution >= 4 is 21.9 Å². The number of hydrogen-bond donors (Lipinski definition) is 1. The van der Waals surface area contributed by atoms with E-state index in [2.05, 4.69) is 20.9 Å². The van der Waals surface area contributed by atoms with Gasteiger partial charge in [-0.05, 0) is 27.6 Å². The number of pyridine rings is 1. The lowest BCUT2D eigenvalue weighted by Crippen LogP contribution is -2.16. The average Bonchev–Trinajstić information content (AvgIpc) is 2.13. The second-order valence-electron chi connectivity index (χ2n) is 3.24. The number of carboxylic acid groups (broad SMARTS) is 1. The normalized spacial score (nSPS) is 11.9. The molecule has 0 amide bonds. The Morgan fingerprint density at radius 1 is 1.44 bits per heavy atom. The molecule has 1 N–H and O–H groups in total. The van der Waals surface area contributed by atoms with Crippen molar-refractivity contribution in [3.8, 4) is 0 Å². The van der Waals surface area contributed by atoms with Gasteiger partial charge in [0.25, 0.3) is 6.43 Å². The summed E-state index contributed by atoms with van der Waals surface area (Å²) in [5.41, 5.74) is -3.79. The van der Waals surface area contributed by atoms with Crippen molar-refractivity contribution in [3.05, 3.63) is 27.5 Å². The van der Waals surface area contributed by atoms with E-state index >= 15 is 0 Å². The SMILES string of the molecule is O=C(O)Cc1cc(Br)nc(C(F)(F)F)c1C(F)F. The quantitative estimate of drug-likeness (QED) is 0.681. The lowest BCUT2D eigenvalue weighted by Gasteiger charge is -2.15. The third kappa shape index (κ3) is 3.37. The summed E-state index contributed by atoms with van der Waals surface area (Å²) >= 11 is 2.63. The highest BCUT2D eigenvalue weighted by Gasteiger charge is 2.39. The lowest BCUT2D eigenvalue weighted by molar-refractivity contribution is -0.143. The molecule has 9 heteroatoms. The van der Waals surface area contributed by atoms with Crippen LogP contribution in [0.5, 0.6) is 0 Å². The van der Waals surface area contributed by atoms with Crippen LogP contribution in [0.25, 0.3) is 0 Å². The van der Waals surface area contributed by atoms with Gasteiger partial charge in [0.1, 0.15) is 4.60 Å². The second kappa shape index (κ2) is 5.17. The smallest absolute Gasteiger partial charge is 0.433 e. The molecule has 1 aromatic rings. The van der Waals surface area contributed by atoms with Crippen molar-refractivity contribution in [3.63, 3.8) is 0 Å². The number of carbonyl (C=O) groups is 1. The van der Waals surface area contributed by atoms with Crippen molar-refractivity contribution in [1.29, 1.82) is 0 Å². The monoisotopic (exact) mass is 333 g/mol. The van der Waals surface area contributed by atoms with Gasteiger partial charge in [-0.3, -0.25) is 4.79 Å². The van der Waals surface area contributed by atoms with Crippen molar-refractivity contribution in [2.75, 3.05) is 0 Å². The van der Waals surface area contributed by atoms with Crippen LogP contribution >= 0.6 is 15.9 Å². The Morgan fingerprint density at radius 3 is 2.39 bits per heavy atom. The Hall–Kier alpha value is -1.25. The first-order chi connectivity index (χ1) is 8.12. The molecular formula is C9H5BrF5NO2. The number of carboxylic acids is 1. The van der Waals surface area contributed by atoms with Crippen LogP contribution in [0.15, 0.2) is 10.7 Å². The van der Waals surface area contributed by atoms with Gasteiger partial charge in [-0.15, -0.1) is 0 Å². The Labute approximate surface area is 106 Å². The number of nitrogens with zero attached hydrogens (tertiary/aromatic N) is 1. The summed E-state index contributed by atoms with van der Waals surface area (Å²) in [6.07, 6.45) is -9.48. The van der Waals surface area contributed by atoms with E-state index in [0.717, 1.165) is 6.07 Å². The molecule has 0 saturated carbocycles. The lowest BCUT2D eigenvalue weighted by atomic mass is 10.0. The molecule has 0 radical (unpaired) electrons. The highest BCUT2D eigenvalue weighted by Crippen LogP contribution is 2.38. The zero-order valence-corrected chi connectivity index (χ0v) is 10.0. The predicted molar refractivity (Wildman–Crippen MR) is 53.2 cm³/mol. The standard InChI is InChI=1S/C9H5BrF5NO2/c10-4-1-3(2-5(17)18)6(8(11)12)7(16-4)9(13,14)15/h1,8H,2H2,(H,17,18). The van der Waals surface area contributed by atoms with Gasteiger partial charge in [0.2, 0.25) is 0 Å². The van der Waals surface area contributed by atoms with Crippen molar-refractivity contribution in [1.82, 2.24) is 4.98 Å². The second-order valence-corrected chi connectivity index (χ2v) is 4.05. The number of alkyl halides is 5. The van der Waals surface area contributed by atoms with Crippen molar-refractivity contribution in [2.24, 2.45) is 0 Å². The van der Waals surface area contributed by atoms with Crippen LogP contribution in [-0.2, 0) is 17.4 Å². The molecule has 0 saturated heterocycles. The van der Waals surface area contributed by atoms with Gasteiger partial charge >= 0.3 is 12.1 Å². The molecule has 0 spiro atoms. The Morgan fingerprint density at radius 2 is 2.00 bits per heavy atom. The molecule has 0 aliphatic rings. The van der Waals surface area contributed by atoms with E-state index in [0.29, 0.717) is 0 Å². The molecular weight excluding hydrogens is 329 g/mol. The Kier molecular flexibility index (Phi) is 4.25. The van der Waals surface area contributed by atoms with E-state index in [1.54, 1.807) is 0 Å². The number of rotatable bonds is 3. The minimum atomic E-state index is -5.08. The van der Waals surface area contributed by atoms with Crippen LogP contribution in [0.4, 0.5) is 22.0 Å². The largest absolute Gasteiger partial charge is 0.481 e. The Balaban J connectivity index is 3.51. The van der Waals surface area contributed by atoms with Crippen molar-refractivity contribution < 1.29 is 31.9 Å². The summed E-state index contributed by atoms with van der Waals surface area (Å²) in [5, 5.41) is 8.50. The maximum atomic E-state index is 12.7. The minimum Gasteiger partial charge on any atom is -0.481 e. The molecule has 0 fully saturated rings. The van der Waals surface area contributed by atoms with E-state index in [1.807, 2.05) is 0 Å². The van der Waals surface area contributed by atoms with Crippen LogP contribution in [0.1, 0.15) is 23.2 Å². The molecule has 0 aliphatic carbocycles. The summed E-state index contributed by atoms with van der Waals surface area (Å²) < 4.78 is 62.6. The number of halogens is 6. The molecule has 100 valence electrons. The maximum absolute atomic E-state index is 12.7. The topological polar surface area (TPSA) is 50.2 Å². The van der Waals surface area contributed by atoms with E-state index < -0.39 is 41.8 Å². The number of aliphatic carboxylic acids is 1. The first-order valence-electron chi connectivity index (χ1n) is 4.39. The van der Waals surface area contributed by atoms with Gasteiger partial charge in [0.15, 0.2) is 5.69 Å². The van der Waals surface area contributed by atoms with Crippen LogP contribution in [0.2, 0.25) is 0 Å². The summed E-state index contributed by atoms with van der Waals surface area (Å²) in [7, 11) is 0. The van der Waals surface area contributed by atoms with Crippen LogP contribution in [0, 0.1) is 0 Å². The molecule has 0 aliphatic heterocycles. The van der Waals surface area contributed by atoms with E-state index in [-0.39, 0.29) is 4.60 Å². The molecule has 1 aromatic heterocycles. The van der Waals surface area contributed by atoms with Crippen LogP contribution in [0.3, 0.4) is 0 Å². The fraction of sp³-hybridized carbons (Fsp3) is 0.333. The molecule has 0 aromatic carbocycles. The predicted octanol–water partition coefficient (Wildman–Crippen LogP) is 3.43. The maximum Gasteiger partial charge on any atom is 0.433 e. The molecule has 3 nitrogen and oxygen atoms in total. The van der Waals surface area contributed by atoms with E-state index in [9.17, 15) is 26.7 Å². The molecule has 1 heterocycles. The first-order valence-corrected chi connectivity index (χ1v) is 5.18. The highest BCUT2D eigenvalue weighted by atomic mass is 79.9. The van der Waals surface area contributed by atoms with Gasteiger partial charge in [-0.25, -0.2) is 13.8 Å². The fourth-order valence-corrected chi connectivity index (χ4v) is 1.80.